The summed E-state index contributed by atoms with van der Waals surface area (Å²) in [5.74, 6) is 0. The monoisotopic (exact) mass is 709 g/mol. The smallest absolute Gasteiger partial charge is 0.262 e. The maximum atomic E-state index is 10.8. The molecular weight excluding hydrogens is 680 g/mol. The number of benzene rings is 2. The summed E-state index contributed by atoms with van der Waals surface area (Å²) in [6.45, 7) is 1.41. The molecule has 0 amide bonds. The van der Waals surface area contributed by atoms with Gasteiger partial charge in [-0.1, -0.05) is 71.1 Å². The minimum atomic E-state index is -4.72. The summed E-state index contributed by atoms with van der Waals surface area (Å²) < 4.78 is 49.7. The van der Waals surface area contributed by atoms with Crippen LogP contribution >= 0.6 is 47.0 Å². The number of nitrogens with zero attached hydrogens (tertiary/aromatic N) is 2. The molecule has 2 heterocycles. The SMILES string of the molecule is O=S(=O)([O-])OCCCN1/C(=C/C=C2\CCCC(/C=C/c3sc4ccccc4[n+]3CCCOSOO[O-])=C2Cl)Sc2ccccc21. The molecule has 240 valence electrons. The quantitative estimate of drug-likeness (QED) is 0.0335. The van der Waals surface area contributed by atoms with Crippen LogP contribution in [0, 0.1) is 0 Å². The summed E-state index contributed by atoms with van der Waals surface area (Å²) in [5, 5.41) is 16.0. The lowest BCUT2D eigenvalue weighted by molar-refractivity contribution is -0.777. The Kier molecular flexibility index (Phi) is 12.6. The first-order valence-corrected chi connectivity index (χ1v) is 18.1. The number of thioether (sulfide) groups is 1. The molecule has 0 atom stereocenters. The predicted octanol–water partition coefficient (Wildman–Crippen LogP) is 6.32. The Balaban J connectivity index is 1.32. The van der Waals surface area contributed by atoms with E-state index in [4.69, 9.17) is 15.8 Å². The summed E-state index contributed by atoms with van der Waals surface area (Å²) in [6.07, 6.45) is 12.1. The van der Waals surface area contributed by atoms with Crippen LogP contribution in [0.25, 0.3) is 16.3 Å². The number of thiazole rings is 1. The van der Waals surface area contributed by atoms with Crippen LogP contribution in [0.4, 0.5) is 5.69 Å². The van der Waals surface area contributed by atoms with Crippen LogP contribution < -0.4 is 14.7 Å². The van der Waals surface area contributed by atoms with Gasteiger partial charge in [0, 0.05) is 35.0 Å². The number of allylic oxidation sites excluding steroid dienone is 6. The van der Waals surface area contributed by atoms with Crippen LogP contribution in [0.2, 0.25) is 0 Å². The maximum absolute atomic E-state index is 10.8. The Morgan fingerprint density at radius 1 is 1.04 bits per heavy atom. The van der Waals surface area contributed by atoms with Crippen molar-refractivity contribution in [3.05, 3.63) is 93.0 Å². The third-order valence-corrected chi connectivity index (χ3v) is 10.6. The molecule has 0 N–H and O–H groups in total. The van der Waals surface area contributed by atoms with Gasteiger partial charge in [0.2, 0.25) is 15.9 Å². The fraction of sp³-hybridized carbons (Fsp3) is 0.300. The van der Waals surface area contributed by atoms with Crippen molar-refractivity contribution in [1.82, 2.24) is 0 Å². The number of hydrogen-bond donors (Lipinski definition) is 0. The predicted molar refractivity (Wildman–Crippen MR) is 174 cm³/mol. The van der Waals surface area contributed by atoms with E-state index in [0.717, 1.165) is 61.6 Å². The van der Waals surface area contributed by atoms with Crippen molar-refractivity contribution in [2.24, 2.45) is 0 Å². The first-order chi connectivity index (χ1) is 21.8. The molecule has 0 radical (unpaired) electrons. The first-order valence-electron chi connectivity index (χ1n) is 14.1. The summed E-state index contributed by atoms with van der Waals surface area (Å²) in [6, 6.07) is 16.2. The Morgan fingerprint density at radius 3 is 2.71 bits per heavy atom. The second-order valence-corrected chi connectivity index (χ2v) is 14.0. The zero-order valence-corrected chi connectivity index (χ0v) is 28.0. The normalized spacial score (nSPS) is 17.4. The number of rotatable bonds is 15. The summed E-state index contributed by atoms with van der Waals surface area (Å²) in [4.78, 5) is 3.20. The maximum Gasteiger partial charge on any atom is 0.262 e. The van der Waals surface area contributed by atoms with Crippen molar-refractivity contribution >= 4 is 79.4 Å². The molecule has 1 aliphatic heterocycles. The van der Waals surface area contributed by atoms with E-state index in [0.29, 0.717) is 44.9 Å². The second-order valence-electron chi connectivity index (χ2n) is 9.97. The Hall–Kier alpha value is -2.21. The van der Waals surface area contributed by atoms with Crippen LogP contribution in [0.15, 0.2) is 92.9 Å². The Labute approximate surface area is 279 Å². The average Bonchev–Trinajstić information content (AvgIpc) is 3.56. The minimum Gasteiger partial charge on any atom is -0.726 e. The highest BCUT2D eigenvalue weighted by Gasteiger charge is 2.24. The van der Waals surface area contributed by atoms with E-state index in [1.165, 1.54) is 4.70 Å². The molecule has 1 aliphatic carbocycles. The summed E-state index contributed by atoms with van der Waals surface area (Å²) >= 11 is 10.8. The second kappa shape index (κ2) is 16.6. The molecule has 0 saturated heterocycles. The standard InChI is InChI=1S/C30H31ClN2O8S4/c31-30-22(14-16-28-32(18-6-20-38-44-41-40-34)24-10-1-3-12-26(24)42-28)8-5-9-23(30)15-17-29-33(19-7-21-39-45(35,36)37)25-11-2-4-13-27(25)43-29/h1-4,10-17H,5-9,18-21H2,(H-,34,35,36,37)/p-1. The lowest BCUT2D eigenvalue weighted by atomic mass is 9.94. The van der Waals surface area contributed by atoms with Crippen molar-refractivity contribution in [3.8, 4) is 0 Å². The minimum absolute atomic E-state index is 0.173. The molecule has 0 unspecified atom stereocenters. The largest absolute Gasteiger partial charge is 0.726 e. The Bertz CT molecular complexity index is 1720. The lowest BCUT2D eigenvalue weighted by Crippen LogP contribution is -2.35. The van der Waals surface area contributed by atoms with Gasteiger partial charge in [-0.2, -0.15) is 4.57 Å². The Morgan fingerprint density at radius 2 is 1.87 bits per heavy atom. The van der Waals surface area contributed by atoms with Gasteiger partial charge in [0.05, 0.1) is 23.9 Å². The molecule has 10 nitrogen and oxygen atoms in total. The van der Waals surface area contributed by atoms with Gasteiger partial charge >= 0.3 is 0 Å². The first kappa shape index (κ1) is 34.1. The number of fused-ring (bicyclic) bond motifs is 2. The summed E-state index contributed by atoms with van der Waals surface area (Å²) in [7, 11) is -4.72. The number of hydrogen-bond acceptors (Lipinski definition) is 12. The number of anilines is 1. The van der Waals surface area contributed by atoms with Gasteiger partial charge in [0.15, 0.2) is 18.9 Å². The molecule has 2 aromatic carbocycles. The highest BCUT2D eigenvalue weighted by atomic mass is 35.5. The van der Waals surface area contributed by atoms with Crippen LogP contribution in [-0.4, -0.2) is 32.7 Å². The van der Waals surface area contributed by atoms with Crippen LogP contribution in [0.1, 0.15) is 37.1 Å². The van der Waals surface area contributed by atoms with Gasteiger partial charge in [-0.25, -0.2) is 8.42 Å². The van der Waals surface area contributed by atoms with E-state index in [9.17, 15) is 18.2 Å². The van der Waals surface area contributed by atoms with Gasteiger partial charge in [-0.3, -0.25) is 13.4 Å². The van der Waals surface area contributed by atoms with Crippen LogP contribution in [-0.2, 0) is 34.7 Å². The number of para-hydroxylation sites is 2. The molecule has 0 fully saturated rings. The van der Waals surface area contributed by atoms with Gasteiger partial charge in [0.1, 0.15) is 4.70 Å². The van der Waals surface area contributed by atoms with E-state index in [1.807, 2.05) is 36.4 Å². The van der Waals surface area contributed by atoms with Gasteiger partial charge in [0.25, 0.3) is 5.01 Å². The third-order valence-electron chi connectivity index (χ3n) is 7.05. The highest BCUT2D eigenvalue weighted by Crippen LogP contribution is 2.46. The average molecular weight is 710 g/mol. The van der Waals surface area contributed by atoms with E-state index in [-0.39, 0.29) is 6.61 Å². The molecular formula is C30H30ClN2O8S4-. The van der Waals surface area contributed by atoms with Crippen molar-refractivity contribution < 1.29 is 40.5 Å². The van der Waals surface area contributed by atoms with Crippen molar-refractivity contribution in [1.29, 1.82) is 0 Å². The molecule has 45 heavy (non-hydrogen) atoms. The van der Waals surface area contributed by atoms with Gasteiger partial charge < -0.3 is 14.7 Å². The third kappa shape index (κ3) is 9.42. The fourth-order valence-electron chi connectivity index (χ4n) is 5.10. The highest BCUT2D eigenvalue weighted by molar-refractivity contribution is 8.03. The molecule has 2 aliphatic rings. The number of aryl methyl sites for hydroxylation is 1. The van der Waals surface area contributed by atoms with Crippen LogP contribution in [0.3, 0.4) is 0 Å². The molecule has 3 aromatic rings. The molecule has 1 aromatic heterocycles. The van der Waals surface area contributed by atoms with Gasteiger partial charge in [-0.05, 0) is 61.1 Å². The zero-order valence-electron chi connectivity index (χ0n) is 24.0. The van der Waals surface area contributed by atoms with E-state index < -0.39 is 10.4 Å². The van der Waals surface area contributed by atoms with Gasteiger partial charge in [-0.15, -0.1) is 4.33 Å². The summed E-state index contributed by atoms with van der Waals surface area (Å²) in [5.41, 5.74) is 4.28. The van der Waals surface area contributed by atoms with Crippen molar-refractivity contribution in [3.63, 3.8) is 0 Å². The van der Waals surface area contributed by atoms with E-state index in [2.05, 4.69) is 59.5 Å². The number of aromatic nitrogens is 1. The fourth-order valence-corrected chi connectivity index (χ4v) is 8.16. The topological polar surface area (TPSA) is 124 Å². The number of halogens is 1. The molecule has 0 bridgehead atoms. The zero-order chi connectivity index (χ0) is 31.6. The van der Waals surface area contributed by atoms with Crippen molar-refractivity contribution in [2.45, 2.75) is 43.5 Å². The van der Waals surface area contributed by atoms with E-state index >= 15 is 0 Å². The molecule has 15 heteroatoms. The molecule has 5 rings (SSSR count). The molecule has 0 saturated carbocycles. The van der Waals surface area contributed by atoms with Crippen LogP contribution in [0.5, 0.6) is 0 Å². The van der Waals surface area contributed by atoms with Crippen molar-refractivity contribution in [2.75, 3.05) is 24.7 Å². The molecule has 0 spiro atoms. The van der Waals surface area contributed by atoms with E-state index in [1.54, 1.807) is 23.1 Å². The lowest BCUT2D eigenvalue weighted by Gasteiger charge is -2.21.